The normalized spacial score (nSPS) is 25.2. The number of hydrogen-bond donors (Lipinski definition) is 0. The van der Waals surface area contributed by atoms with Gasteiger partial charge in [0.25, 0.3) is 0 Å². The summed E-state index contributed by atoms with van der Waals surface area (Å²) in [7, 11) is 1.92. The molecule has 3 atom stereocenters. The maximum Gasteiger partial charge on any atom is 0.233 e. The van der Waals surface area contributed by atoms with Gasteiger partial charge in [0.1, 0.15) is 11.7 Å². The lowest BCUT2D eigenvalue weighted by Crippen LogP contribution is -2.33. The van der Waals surface area contributed by atoms with Gasteiger partial charge in [0, 0.05) is 31.0 Å². The van der Waals surface area contributed by atoms with Gasteiger partial charge >= 0.3 is 0 Å². The summed E-state index contributed by atoms with van der Waals surface area (Å²) in [4.78, 5) is 23.6. The quantitative estimate of drug-likeness (QED) is 0.755. The third-order valence-corrected chi connectivity index (χ3v) is 5.40. The van der Waals surface area contributed by atoms with Gasteiger partial charge in [0.2, 0.25) is 5.91 Å². The Labute approximate surface area is 148 Å². The molecule has 4 nitrogen and oxygen atoms in total. The second-order valence-corrected chi connectivity index (χ2v) is 6.89. The number of nitrogens with zero attached hydrogens (tertiary/aromatic N) is 3. The number of carbonyl (C=O) groups is 1. The second kappa shape index (κ2) is 6.68. The highest BCUT2D eigenvalue weighted by Gasteiger charge is 2.48. The van der Waals surface area contributed by atoms with E-state index in [1.54, 1.807) is 12.4 Å². The van der Waals surface area contributed by atoms with Crippen molar-refractivity contribution in [3.05, 3.63) is 59.7 Å². The van der Waals surface area contributed by atoms with Crippen molar-refractivity contribution in [2.75, 3.05) is 7.05 Å². The van der Waals surface area contributed by atoms with Gasteiger partial charge in [0.15, 0.2) is 0 Å². The topological polar surface area (TPSA) is 46.1 Å². The summed E-state index contributed by atoms with van der Waals surface area (Å²) < 4.78 is 0. The molecule has 1 aromatic carbocycles. The van der Waals surface area contributed by atoms with Gasteiger partial charge in [-0.25, -0.2) is 9.97 Å². The molecule has 1 aromatic heterocycles. The van der Waals surface area contributed by atoms with E-state index >= 15 is 0 Å². The summed E-state index contributed by atoms with van der Waals surface area (Å²) in [5, 5.41) is 0. The monoisotopic (exact) mass is 331 g/mol. The summed E-state index contributed by atoms with van der Waals surface area (Å²) in [6.07, 6.45) is 8.07. The molecule has 4 heteroatoms. The summed E-state index contributed by atoms with van der Waals surface area (Å²) >= 11 is 0. The van der Waals surface area contributed by atoms with E-state index in [9.17, 15) is 4.79 Å². The molecule has 126 valence electrons. The van der Waals surface area contributed by atoms with Crippen LogP contribution in [-0.2, 0) is 4.79 Å². The summed E-state index contributed by atoms with van der Waals surface area (Å²) in [5.74, 6) is 7.17. The van der Waals surface area contributed by atoms with Crippen LogP contribution in [0, 0.1) is 17.8 Å². The van der Waals surface area contributed by atoms with Crippen molar-refractivity contribution in [2.24, 2.45) is 5.92 Å². The van der Waals surface area contributed by atoms with Gasteiger partial charge in [-0.2, -0.15) is 0 Å². The van der Waals surface area contributed by atoms with E-state index in [2.05, 4.69) is 21.8 Å². The molecule has 2 aromatic rings. The SMILES string of the molecule is CN1C(=O)C(c2ncc(C#Cc3ccccc3)cn2)[C@@H]2CCCC[C@@H]21. The molecule has 2 fully saturated rings. The maximum absolute atomic E-state index is 12.7. The first kappa shape index (κ1) is 15.8. The molecular weight excluding hydrogens is 310 g/mol. The predicted octanol–water partition coefficient (Wildman–Crippen LogP) is 2.99. The lowest BCUT2D eigenvalue weighted by Gasteiger charge is -2.29. The Bertz CT molecular complexity index is 820. The Morgan fingerprint density at radius 3 is 2.44 bits per heavy atom. The molecule has 2 heterocycles. The average molecular weight is 331 g/mol. The lowest BCUT2D eigenvalue weighted by atomic mass is 9.79. The summed E-state index contributed by atoms with van der Waals surface area (Å²) in [6.45, 7) is 0. The van der Waals surface area contributed by atoms with Gasteiger partial charge in [-0.1, -0.05) is 42.9 Å². The van der Waals surface area contributed by atoms with E-state index in [0.717, 1.165) is 24.0 Å². The molecule has 2 aliphatic rings. The zero-order valence-electron chi connectivity index (χ0n) is 14.4. The average Bonchev–Trinajstić information content (AvgIpc) is 2.92. The van der Waals surface area contributed by atoms with E-state index in [1.807, 2.05) is 42.3 Å². The number of likely N-dealkylation sites (tertiary alicyclic amines) is 1. The molecule has 4 rings (SSSR count). The van der Waals surface area contributed by atoms with Gasteiger partial charge in [0.05, 0.1) is 5.56 Å². The van der Waals surface area contributed by atoms with Crippen LogP contribution in [0.2, 0.25) is 0 Å². The molecule has 1 unspecified atom stereocenters. The molecule has 0 N–H and O–H groups in total. The standard InChI is InChI=1S/C21H21N3O/c1-24-18-10-6-5-9-17(18)19(21(24)25)20-22-13-16(14-23-20)12-11-15-7-3-2-4-8-15/h2-4,7-8,13-14,17-19H,5-6,9-10H2,1H3/t17-,18+,19?/m1/s1. The first-order valence-electron chi connectivity index (χ1n) is 8.90. The van der Waals surface area contributed by atoms with Crippen LogP contribution in [0.4, 0.5) is 0 Å². The Morgan fingerprint density at radius 1 is 1.00 bits per heavy atom. The smallest absolute Gasteiger partial charge is 0.233 e. The third kappa shape index (κ3) is 3.02. The summed E-state index contributed by atoms with van der Waals surface area (Å²) in [5.41, 5.74) is 1.73. The fourth-order valence-electron chi connectivity index (χ4n) is 4.11. The number of carbonyl (C=O) groups excluding carboxylic acids is 1. The van der Waals surface area contributed by atoms with Gasteiger partial charge in [-0.15, -0.1) is 0 Å². The molecular formula is C21H21N3O. The molecule has 1 aliphatic carbocycles. The third-order valence-electron chi connectivity index (χ3n) is 5.40. The predicted molar refractivity (Wildman–Crippen MR) is 95.7 cm³/mol. The van der Waals surface area contributed by atoms with Crippen LogP contribution < -0.4 is 0 Å². The highest BCUT2D eigenvalue weighted by atomic mass is 16.2. The minimum Gasteiger partial charge on any atom is -0.342 e. The number of rotatable bonds is 1. The van der Waals surface area contributed by atoms with Crippen molar-refractivity contribution in [1.29, 1.82) is 0 Å². The zero-order valence-corrected chi connectivity index (χ0v) is 14.4. The van der Waals surface area contributed by atoms with E-state index < -0.39 is 0 Å². The molecule has 0 radical (unpaired) electrons. The van der Waals surface area contributed by atoms with Crippen LogP contribution >= 0.6 is 0 Å². The van der Waals surface area contributed by atoms with Crippen LogP contribution in [0.25, 0.3) is 0 Å². The first-order chi connectivity index (χ1) is 12.2. The number of likely N-dealkylation sites (N-methyl/N-ethyl adjacent to an activating group) is 1. The second-order valence-electron chi connectivity index (χ2n) is 6.89. The van der Waals surface area contributed by atoms with Gasteiger partial charge in [-0.05, 0) is 30.9 Å². The molecule has 1 saturated heterocycles. The zero-order chi connectivity index (χ0) is 17.2. The minimum absolute atomic E-state index is 0.167. The van der Waals surface area contributed by atoms with Crippen molar-refractivity contribution in [3.8, 4) is 11.8 Å². The lowest BCUT2D eigenvalue weighted by molar-refractivity contribution is -0.129. The van der Waals surface area contributed by atoms with Crippen molar-refractivity contribution < 1.29 is 4.79 Å². The Hall–Kier alpha value is -2.67. The van der Waals surface area contributed by atoms with Crippen molar-refractivity contribution in [1.82, 2.24) is 14.9 Å². The molecule has 0 bridgehead atoms. The fourth-order valence-corrected chi connectivity index (χ4v) is 4.11. The number of aromatic nitrogens is 2. The Balaban J connectivity index is 1.56. The van der Waals surface area contributed by atoms with E-state index in [0.29, 0.717) is 17.8 Å². The fraction of sp³-hybridized carbons (Fsp3) is 0.381. The van der Waals surface area contributed by atoms with Crippen molar-refractivity contribution >= 4 is 5.91 Å². The van der Waals surface area contributed by atoms with Crippen LogP contribution in [0.3, 0.4) is 0 Å². The first-order valence-corrected chi connectivity index (χ1v) is 8.90. The van der Waals surface area contributed by atoms with E-state index in [-0.39, 0.29) is 11.8 Å². The molecule has 0 spiro atoms. The highest BCUT2D eigenvalue weighted by Crippen LogP contribution is 2.43. The van der Waals surface area contributed by atoms with Crippen molar-refractivity contribution in [2.45, 2.75) is 37.6 Å². The molecule has 1 saturated carbocycles. The Kier molecular flexibility index (Phi) is 4.23. The van der Waals surface area contributed by atoms with E-state index in [1.165, 1.54) is 12.8 Å². The summed E-state index contributed by atoms with van der Waals surface area (Å²) in [6, 6.07) is 10.2. The number of benzene rings is 1. The molecule has 1 aliphatic heterocycles. The highest BCUT2D eigenvalue weighted by molar-refractivity contribution is 5.86. The maximum atomic E-state index is 12.7. The van der Waals surface area contributed by atoms with Crippen LogP contribution in [0.5, 0.6) is 0 Å². The van der Waals surface area contributed by atoms with Crippen LogP contribution in [0.1, 0.15) is 48.6 Å². The van der Waals surface area contributed by atoms with Crippen LogP contribution in [-0.4, -0.2) is 33.9 Å². The number of fused-ring (bicyclic) bond motifs is 1. The van der Waals surface area contributed by atoms with Crippen LogP contribution in [0.15, 0.2) is 42.7 Å². The largest absolute Gasteiger partial charge is 0.342 e. The van der Waals surface area contributed by atoms with E-state index in [4.69, 9.17) is 0 Å². The van der Waals surface area contributed by atoms with Crippen molar-refractivity contribution in [3.63, 3.8) is 0 Å². The molecule has 25 heavy (non-hydrogen) atoms. The number of hydrogen-bond acceptors (Lipinski definition) is 3. The minimum atomic E-state index is -0.188. The van der Waals surface area contributed by atoms with Gasteiger partial charge in [-0.3, -0.25) is 4.79 Å². The van der Waals surface area contributed by atoms with Gasteiger partial charge < -0.3 is 4.90 Å². The number of amides is 1. The molecule has 1 amide bonds. The Morgan fingerprint density at radius 2 is 1.68 bits per heavy atom.